The molecule has 0 spiro atoms. The van der Waals surface area contributed by atoms with Crippen LogP contribution in [0.3, 0.4) is 0 Å². The molecule has 32 heavy (non-hydrogen) atoms. The Kier molecular flexibility index (Phi) is 8.39. The molecule has 1 aliphatic rings. The molecule has 1 amide bonds. The van der Waals surface area contributed by atoms with Crippen molar-refractivity contribution in [2.24, 2.45) is 0 Å². The van der Waals surface area contributed by atoms with Gasteiger partial charge < -0.3 is 20.1 Å². The maximum atomic E-state index is 13.3. The first-order valence-corrected chi connectivity index (χ1v) is 10.9. The first-order chi connectivity index (χ1) is 15.4. The van der Waals surface area contributed by atoms with Crippen LogP contribution in [0.4, 0.5) is 23.7 Å². The van der Waals surface area contributed by atoms with E-state index in [0.717, 1.165) is 30.5 Å². The number of unbranched alkanes of at least 4 members (excludes halogenated alkanes) is 1. The minimum atomic E-state index is -4.46. The van der Waals surface area contributed by atoms with Gasteiger partial charge in [-0.15, -0.1) is 0 Å². The van der Waals surface area contributed by atoms with E-state index < -0.39 is 23.9 Å². The minimum Gasteiger partial charge on any atom is -0.445 e. The number of halogens is 3. The Morgan fingerprint density at radius 3 is 2.66 bits per heavy atom. The molecule has 1 aliphatic heterocycles. The third-order valence-electron chi connectivity index (χ3n) is 5.39. The monoisotopic (exact) mass is 450 g/mol. The van der Waals surface area contributed by atoms with Crippen LogP contribution in [0.2, 0.25) is 0 Å². The number of nitrogens with one attached hydrogen (secondary N) is 2. The van der Waals surface area contributed by atoms with Crippen LogP contribution < -0.4 is 10.6 Å². The van der Waals surface area contributed by atoms with E-state index in [1.165, 1.54) is 6.07 Å². The molecular weight excluding hydrogens is 421 g/mol. The quantitative estimate of drug-likeness (QED) is 0.456. The predicted octanol–water partition coefficient (Wildman–Crippen LogP) is 6.06. The molecule has 2 aromatic rings. The van der Waals surface area contributed by atoms with Gasteiger partial charge in [0.25, 0.3) is 0 Å². The van der Waals surface area contributed by atoms with Crippen LogP contribution in [0.1, 0.15) is 55.3 Å². The van der Waals surface area contributed by atoms with Crippen molar-refractivity contribution in [2.75, 3.05) is 18.5 Å². The Morgan fingerprint density at radius 2 is 1.94 bits per heavy atom. The SMILES string of the molecule is CCCCOCC[C@@H]1C[C@H](NC(=O)OCc2ccccc2)c2cc(C(F)(F)F)ccc2N1. The number of hydrogen-bond acceptors (Lipinski definition) is 4. The highest BCUT2D eigenvalue weighted by Gasteiger charge is 2.34. The molecule has 0 aliphatic carbocycles. The molecular formula is C24H29F3N2O3. The molecule has 8 heteroatoms. The average molecular weight is 451 g/mol. The molecule has 2 N–H and O–H groups in total. The zero-order chi connectivity index (χ0) is 23.0. The fraction of sp³-hybridized carbons (Fsp3) is 0.458. The van der Waals surface area contributed by atoms with Gasteiger partial charge in [0, 0.05) is 24.9 Å². The highest BCUT2D eigenvalue weighted by Crippen LogP contribution is 2.38. The van der Waals surface area contributed by atoms with Crippen LogP contribution in [-0.4, -0.2) is 25.3 Å². The molecule has 0 radical (unpaired) electrons. The van der Waals surface area contributed by atoms with Crippen molar-refractivity contribution in [1.82, 2.24) is 5.32 Å². The Balaban J connectivity index is 1.68. The summed E-state index contributed by atoms with van der Waals surface area (Å²) in [6.07, 6.45) is -1.97. The number of amides is 1. The largest absolute Gasteiger partial charge is 0.445 e. The van der Waals surface area contributed by atoms with Crippen molar-refractivity contribution >= 4 is 11.8 Å². The summed E-state index contributed by atoms with van der Waals surface area (Å²) in [5.74, 6) is 0. The van der Waals surface area contributed by atoms with Crippen molar-refractivity contribution in [3.8, 4) is 0 Å². The predicted molar refractivity (Wildman–Crippen MR) is 116 cm³/mol. The van der Waals surface area contributed by atoms with Crippen LogP contribution >= 0.6 is 0 Å². The number of anilines is 1. The molecule has 0 aromatic heterocycles. The van der Waals surface area contributed by atoms with Gasteiger partial charge in [0.2, 0.25) is 0 Å². The van der Waals surface area contributed by atoms with Gasteiger partial charge in [0.05, 0.1) is 11.6 Å². The van der Waals surface area contributed by atoms with Crippen LogP contribution in [0, 0.1) is 0 Å². The second-order valence-corrected chi connectivity index (χ2v) is 7.89. The number of alkyl halides is 3. The van der Waals surface area contributed by atoms with Gasteiger partial charge in [-0.3, -0.25) is 0 Å². The summed E-state index contributed by atoms with van der Waals surface area (Å²) in [7, 11) is 0. The minimum absolute atomic E-state index is 0.0414. The third kappa shape index (κ3) is 6.88. The molecule has 1 heterocycles. The zero-order valence-corrected chi connectivity index (χ0v) is 18.1. The van der Waals surface area contributed by atoms with E-state index in [2.05, 4.69) is 17.6 Å². The molecule has 0 saturated heterocycles. The van der Waals surface area contributed by atoms with Crippen LogP contribution in [0.5, 0.6) is 0 Å². The molecule has 3 rings (SSSR count). The standard InChI is InChI=1S/C24H29F3N2O3/c1-2-3-12-31-13-11-19-15-22(29-23(30)32-16-17-7-5-4-6-8-17)20-14-18(24(25,26)27)9-10-21(20)28-19/h4-10,14,19,22,28H,2-3,11-13,15-16H2,1H3,(H,29,30)/t19-,22+/m1/s1. The molecule has 2 atom stereocenters. The van der Waals surface area contributed by atoms with Crippen molar-refractivity contribution in [1.29, 1.82) is 0 Å². The fourth-order valence-electron chi connectivity index (χ4n) is 3.66. The van der Waals surface area contributed by atoms with Gasteiger partial charge in [-0.25, -0.2) is 4.79 Å². The number of carbonyl (C=O) groups is 1. The molecule has 0 fully saturated rings. The molecule has 5 nitrogen and oxygen atoms in total. The van der Waals surface area contributed by atoms with E-state index in [9.17, 15) is 18.0 Å². The average Bonchev–Trinajstić information content (AvgIpc) is 2.77. The van der Waals surface area contributed by atoms with Crippen LogP contribution in [-0.2, 0) is 22.3 Å². The number of rotatable bonds is 9. The highest BCUT2D eigenvalue weighted by atomic mass is 19.4. The number of hydrogen-bond donors (Lipinski definition) is 2. The second-order valence-electron chi connectivity index (χ2n) is 7.89. The third-order valence-corrected chi connectivity index (χ3v) is 5.39. The number of ether oxygens (including phenoxy) is 2. The lowest BCUT2D eigenvalue weighted by Crippen LogP contribution is -2.38. The normalized spacial score (nSPS) is 17.9. The Bertz CT molecular complexity index is 875. The second kappa shape index (κ2) is 11.2. The van der Waals surface area contributed by atoms with Gasteiger partial charge in [-0.1, -0.05) is 43.7 Å². The van der Waals surface area contributed by atoms with Gasteiger partial charge in [-0.05, 0) is 48.6 Å². The van der Waals surface area contributed by atoms with Crippen LogP contribution in [0.15, 0.2) is 48.5 Å². The Morgan fingerprint density at radius 1 is 1.16 bits per heavy atom. The van der Waals surface area contributed by atoms with Gasteiger partial charge in [-0.2, -0.15) is 13.2 Å². The molecule has 0 saturated carbocycles. The number of benzene rings is 2. The van der Waals surface area contributed by atoms with Gasteiger partial charge in [0.15, 0.2) is 0 Å². The summed E-state index contributed by atoms with van der Waals surface area (Å²) in [5.41, 5.74) is 1.06. The van der Waals surface area contributed by atoms with E-state index in [0.29, 0.717) is 37.3 Å². The lowest BCUT2D eigenvalue weighted by Gasteiger charge is -2.34. The van der Waals surface area contributed by atoms with Gasteiger partial charge >= 0.3 is 12.3 Å². The maximum absolute atomic E-state index is 13.3. The summed E-state index contributed by atoms with van der Waals surface area (Å²) >= 11 is 0. The maximum Gasteiger partial charge on any atom is 0.416 e. The lowest BCUT2D eigenvalue weighted by atomic mass is 9.90. The Hall–Kier alpha value is -2.74. The highest BCUT2D eigenvalue weighted by molar-refractivity contribution is 5.69. The van der Waals surface area contributed by atoms with Crippen LogP contribution in [0.25, 0.3) is 0 Å². The van der Waals surface area contributed by atoms with E-state index in [1.807, 2.05) is 30.3 Å². The fourth-order valence-corrected chi connectivity index (χ4v) is 3.66. The van der Waals surface area contributed by atoms with Crippen molar-refractivity contribution in [2.45, 2.75) is 57.5 Å². The summed E-state index contributed by atoms with van der Waals surface area (Å²) in [4.78, 5) is 12.4. The van der Waals surface area contributed by atoms with E-state index in [4.69, 9.17) is 9.47 Å². The van der Waals surface area contributed by atoms with Gasteiger partial charge in [0.1, 0.15) is 6.61 Å². The summed E-state index contributed by atoms with van der Waals surface area (Å²) in [6, 6.07) is 12.1. The lowest BCUT2D eigenvalue weighted by molar-refractivity contribution is -0.137. The topological polar surface area (TPSA) is 59.6 Å². The number of alkyl carbamates (subject to hydrolysis) is 1. The number of carbonyl (C=O) groups excluding carboxylic acids is 1. The van der Waals surface area contributed by atoms with Crippen molar-refractivity contribution < 1.29 is 27.4 Å². The first-order valence-electron chi connectivity index (χ1n) is 10.9. The first kappa shape index (κ1) is 23.9. The molecule has 0 unspecified atom stereocenters. The molecule has 174 valence electrons. The summed E-state index contributed by atoms with van der Waals surface area (Å²) < 4.78 is 50.7. The molecule has 0 bridgehead atoms. The van der Waals surface area contributed by atoms with E-state index in [-0.39, 0.29) is 12.6 Å². The summed E-state index contributed by atoms with van der Waals surface area (Å²) in [6.45, 7) is 3.40. The zero-order valence-electron chi connectivity index (χ0n) is 18.1. The van der Waals surface area contributed by atoms with E-state index >= 15 is 0 Å². The van der Waals surface area contributed by atoms with Crippen molar-refractivity contribution in [3.63, 3.8) is 0 Å². The summed E-state index contributed by atoms with van der Waals surface area (Å²) in [5, 5.41) is 6.04. The Labute approximate surface area is 186 Å². The smallest absolute Gasteiger partial charge is 0.416 e. The molecule has 2 aromatic carbocycles. The van der Waals surface area contributed by atoms with E-state index in [1.54, 1.807) is 0 Å². The number of fused-ring (bicyclic) bond motifs is 1. The van der Waals surface area contributed by atoms with Crippen molar-refractivity contribution in [3.05, 3.63) is 65.2 Å².